The smallest absolute Gasteiger partial charge is 0.409 e. The third-order valence-corrected chi connectivity index (χ3v) is 3.94. The van der Waals surface area contributed by atoms with Crippen LogP contribution in [-0.4, -0.2) is 54.7 Å². The van der Waals surface area contributed by atoms with Crippen molar-refractivity contribution in [1.29, 1.82) is 0 Å². The molecule has 4 nitrogen and oxygen atoms in total. The highest BCUT2D eigenvalue weighted by molar-refractivity contribution is 5.67. The summed E-state index contributed by atoms with van der Waals surface area (Å²) in [6.45, 7) is 12.4. The third kappa shape index (κ3) is 2.67. The Bertz CT molecular complexity index is 243. The van der Waals surface area contributed by atoms with Gasteiger partial charge in [-0.1, -0.05) is 13.8 Å². The molecule has 1 saturated heterocycles. The maximum absolute atomic E-state index is 11.3. The number of hydrogen-bond donors (Lipinski definition) is 0. The van der Waals surface area contributed by atoms with Gasteiger partial charge in [-0.25, -0.2) is 4.79 Å². The molecule has 0 aromatic rings. The highest BCUT2D eigenvalue weighted by Crippen LogP contribution is 2.25. The summed E-state index contributed by atoms with van der Waals surface area (Å²) in [7, 11) is 1.44. The fourth-order valence-electron chi connectivity index (χ4n) is 1.96. The maximum Gasteiger partial charge on any atom is 0.409 e. The molecule has 0 radical (unpaired) electrons. The summed E-state index contributed by atoms with van der Waals surface area (Å²) in [5.74, 6) is 0.608. The Morgan fingerprint density at radius 2 is 1.69 bits per heavy atom. The molecule has 0 unspecified atom stereocenters. The number of carbonyl (C=O) groups excluding carboxylic acids is 1. The molecule has 0 atom stereocenters. The topological polar surface area (TPSA) is 32.8 Å². The van der Waals surface area contributed by atoms with Gasteiger partial charge in [-0.3, -0.25) is 4.90 Å². The van der Waals surface area contributed by atoms with Crippen molar-refractivity contribution in [2.45, 2.75) is 33.2 Å². The van der Waals surface area contributed by atoms with E-state index in [4.69, 9.17) is 4.74 Å². The number of piperazine rings is 1. The monoisotopic (exact) mass is 228 g/mol. The molecule has 1 fully saturated rings. The minimum absolute atomic E-state index is 0.197. The van der Waals surface area contributed by atoms with Crippen LogP contribution in [0.4, 0.5) is 4.79 Å². The van der Waals surface area contributed by atoms with Gasteiger partial charge < -0.3 is 9.64 Å². The fraction of sp³-hybridized carbons (Fsp3) is 0.917. The number of ether oxygens (including phenoxy) is 1. The predicted octanol–water partition coefficient (Wildman–Crippen LogP) is 1.80. The van der Waals surface area contributed by atoms with E-state index in [1.165, 1.54) is 7.11 Å². The number of amides is 1. The zero-order chi connectivity index (χ0) is 12.3. The zero-order valence-corrected chi connectivity index (χ0v) is 11.1. The average molecular weight is 228 g/mol. The quantitative estimate of drug-likeness (QED) is 0.722. The van der Waals surface area contributed by atoms with Gasteiger partial charge in [-0.05, 0) is 19.8 Å². The van der Waals surface area contributed by atoms with Crippen molar-refractivity contribution < 1.29 is 9.53 Å². The highest BCUT2D eigenvalue weighted by atomic mass is 16.5. The van der Waals surface area contributed by atoms with E-state index in [2.05, 4.69) is 32.6 Å². The minimum Gasteiger partial charge on any atom is -0.453 e. The first-order chi connectivity index (χ1) is 7.39. The fourth-order valence-corrected chi connectivity index (χ4v) is 1.96. The van der Waals surface area contributed by atoms with Crippen LogP contribution in [-0.2, 0) is 4.74 Å². The summed E-state index contributed by atoms with van der Waals surface area (Å²) in [5.41, 5.74) is 0.197. The number of methoxy groups -OCH3 is 1. The van der Waals surface area contributed by atoms with E-state index < -0.39 is 0 Å². The van der Waals surface area contributed by atoms with Crippen LogP contribution in [0.1, 0.15) is 27.7 Å². The van der Waals surface area contributed by atoms with Crippen LogP contribution in [0.5, 0.6) is 0 Å². The molecule has 4 heteroatoms. The Hall–Kier alpha value is -0.770. The second-order valence-corrected chi connectivity index (χ2v) is 5.25. The van der Waals surface area contributed by atoms with Gasteiger partial charge >= 0.3 is 6.09 Å². The van der Waals surface area contributed by atoms with Crippen LogP contribution < -0.4 is 0 Å². The summed E-state index contributed by atoms with van der Waals surface area (Å²) in [6, 6.07) is 0. The largest absolute Gasteiger partial charge is 0.453 e. The lowest BCUT2D eigenvalue weighted by Crippen LogP contribution is -2.57. The lowest BCUT2D eigenvalue weighted by Gasteiger charge is -2.46. The first-order valence-corrected chi connectivity index (χ1v) is 5.97. The summed E-state index contributed by atoms with van der Waals surface area (Å²) in [4.78, 5) is 15.6. The molecular weight excluding hydrogens is 204 g/mol. The van der Waals surface area contributed by atoms with Gasteiger partial charge in [0.2, 0.25) is 0 Å². The minimum atomic E-state index is -0.206. The van der Waals surface area contributed by atoms with Crippen molar-refractivity contribution in [3.8, 4) is 0 Å². The molecule has 0 spiro atoms. The van der Waals surface area contributed by atoms with Gasteiger partial charge in [0.1, 0.15) is 0 Å². The van der Waals surface area contributed by atoms with Crippen LogP contribution in [0.2, 0.25) is 0 Å². The van der Waals surface area contributed by atoms with Gasteiger partial charge in [0.25, 0.3) is 0 Å². The van der Waals surface area contributed by atoms with E-state index in [0.717, 1.165) is 26.2 Å². The molecular formula is C12H24N2O2. The number of hydrogen-bond acceptors (Lipinski definition) is 3. The average Bonchev–Trinajstić information content (AvgIpc) is 2.28. The molecule has 94 valence electrons. The summed E-state index contributed by atoms with van der Waals surface area (Å²) in [6.07, 6.45) is -0.206. The van der Waals surface area contributed by atoms with E-state index in [1.54, 1.807) is 4.90 Å². The second-order valence-electron chi connectivity index (χ2n) is 5.25. The first-order valence-electron chi connectivity index (χ1n) is 5.97. The summed E-state index contributed by atoms with van der Waals surface area (Å²) in [5, 5.41) is 0. The number of nitrogens with zero attached hydrogens (tertiary/aromatic N) is 2. The van der Waals surface area contributed by atoms with Crippen molar-refractivity contribution in [2.75, 3.05) is 33.3 Å². The standard InChI is InChI=1S/C12H24N2O2/c1-10(2)12(3,4)14-8-6-13(7-9-14)11(15)16-5/h10H,6-9H2,1-5H3. The zero-order valence-electron chi connectivity index (χ0n) is 11.1. The first kappa shape index (κ1) is 13.3. The molecule has 16 heavy (non-hydrogen) atoms. The molecule has 0 N–H and O–H groups in total. The third-order valence-electron chi connectivity index (χ3n) is 3.94. The van der Waals surface area contributed by atoms with E-state index in [9.17, 15) is 4.79 Å². The van der Waals surface area contributed by atoms with Crippen LogP contribution >= 0.6 is 0 Å². The molecule has 0 bridgehead atoms. The molecule has 0 aliphatic carbocycles. The Morgan fingerprint density at radius 1 is 1.19 bits per heavy atom. The van der Waals surface area contributed by atoms with Gasteiger partial charge in [0, 0.05) is 31.7 Å². The van der Waals surface area contributed by atoms with Gasteiger partial charge in [-0.2, -0.15) is 0 Å². The highest BCUT2D eigenvalue weighted by Gasteiger charge is 2.33. The van der Waals surface area contributed by atoms with Crippen molar-refractivity contribution in [3.05, 3.63) is 0 Å². The Labute approximate surface area is 98.5 Å². The molecule has 0 aromatic carbocycles. The SMILES string of the molecule is COC(=O)N1CCN(C(C)(C)C(C)C)CC1. The number of carbonyl (C=O) groups is 1. The van der Waals surface area contributed by atoms with E-state index in [0.29, 0.717) is 5.92 Å². The van der Waals surface area contributed by atoms with Crippen LogP contribution in [0.25, 0.3) is 0 Å². The second kappa shape index (κ2) is 5.04. The maximum atomic E-state index is 11.3. The van der Waals surface area contributed by atoms with Crippen LogP contribution in [0.3, 0.4) is 0 Å². The van der Waals surface area contributed by atoms with Crippen molar-refractivity contribution in [3.63, 3.8) is 0 Å². The Kier molecular flexibility index (Phi) is 4.19. The summed E-state index contributed by atoms with van der Waals surface area (Å²) >= 11 is 0. The summed E-state index contributed by atoms with van der Waals surface area (Å²) < 4.78 is 4.73. The molecule has 1 amide bonds. The molecule has 0 saturated carbocycles. The van der Waals surface area contributed by atoms with Crippen molar-refractivity contribution in [1.82, 2.24) is 9.80 Å². The Balaban J connectivity index is 2.52. The van der Waals surface area contributed by atoms with E-state index in [1.807, 2.05) is 0 Å². The van der Waals surface area contributed by atoms with E-state index in [-0.39, 0.29) is 11.6 Å². The lowest BCUT2D eigenvalue weighted by molar-refractivity contribution is 0.0241. The van der Waals surface area contributed by atoms with E-state index >= 15 is 0 Å². The Morgan fingerprint density at radius 3 is 2.06 bits per heavy atom. The van der Waals surface area contributed by atoms with Crippen LogP contribution in [0, 0.1) is 5.92 Å². The molecule has 1 aliphatic rings. The number of rotatable bonds is 2. The molecule has 1 heterocycles. The molecule has 1 aliphatic heterocycles. The molecule has 0 aromatic heterocycles. The van der Waals surface area contributed by atoms with Gasteiger partial charge in [-0.15, -0.1) is 0 Å². The van der Waals surface area contributed by atoms with Crippen molar-refractivity contribution >= 4 is 6.09 Å². The predicted molar refractivity (Wildman–Crippen MR) is 64.5 cm³/mol. The lowest BCUT2D eigenvalue weighted by atomic mass is 9.88. The van der Waals surface area contributed by atoms with Gasteiger partial charge in [0.15, 0.2) is 0 Å². The van der Waals surface area contributed by atoms with Crippen molar-refractivity contribution in [2.24, 2.45) is 5.92 Å². The normalized spacial score (nSPS) is 19.0. The van der Waals surface area contributed by atoms with Crippen LogP contribution in [0.15, 0.2) is 0 Å². The van der Waals surface area contributed by atoms with Gasteiger partial charge in [0.05, 0.1) is 7.11 Å². The molecule has 1 rings (SSSR count).